The first-order chi connectivity index (χ1) is 12.6. The Morgan fingerprint density at radius 3 is 1.54 bits per heavy atom. The van der Waals surface area contributed by atoms with Crippen molar-refractivity contribution in [2.75, 3.05) is 19.8 Å². The van der Waals surface area contributed by atoms with Crippen LogP contribution < -0.4 is 0 Å². The molecule has 0 rings (SSSR count). The van der Waals surface area contributed by atoms with Crippen molar-refractivity contribution in [2.24, 2.45) is 0 Å². The fourth-order valence-electron chi connectivity index (χ4n) is 2.82. The Hall–Kier alpha value is -0.690. The van der Waals surface area contributed by atoms with Gasteiger partial charge in [0.1, 0.15) is 12.7 Å². The van der Waals surface area contributed by atoms with Crippen LogP contribution in [0.5, 0.6) is 0 Å². The first kappa shape index (κ1) is 25.3. The van der Waals surface area contributed by atoms with Gasteiger partial charge in [-0.3, -0.25) is 4.79 Å². The maximum Gasteiger partial charge on any atom is 0.305 e. The van der Waals surface area contributed by atoms with Crippen LogP contribution in [0.25, 0.3) is 0 Å². The van der Waals surface area contributed by atoms with E-state index in [1.165, 1.54) is 44.9 Å². The molecule has 0 amide bonds. The minimum atomic E-state index is -0.974. The standard InChI is InChI=1S/C20H40O6/c21-15-18(23)13-11-9-7-5-3-1-2-4-6-8-10-12-14-20(25)26-17-19(24)16-22/h18-19,21-24H,1-17H2. The maximum atomic E-state index is 11.4. The smallest absolute Gasteiger partial charge is 0.305 e. The number of carbonyl (C=O) groups is 1. The molecule has 0 aliphatic heterocycles. The van der Waals surface area contributed by atoms with Gasteiger partial charge >= 0.3 is 5.97 Å². The number of carbonyl (C=O) groups excluding carboxylic acids is 1. The van der Waals surface area contributed by atoms with E-state index in [1.54, 1.807) is 0 Å². The van der Waals surface area contributed by atoms with Gasteiger partial charge in [0.15, 0.2) is 0 Å². The summed E-state index contributed by atoms with van der Waals surface area (Å²) in [5.74, 6) is -0.302. The van der Waals surface area contributed by atoms with Crippen LogP contribution in [0.4, 0.5) is 0 Å². The fourth-order valence-corrected chi connectivity index (χ4v) is 2.82. The van der Waals surface area contributed by atoms with E-state index in [9.17, 15) is 9.90 Å². The Bertz CT molecular complexity index is 311. The predicted molar refractivity (Wildman–Crippen MR) is 102 cm³/mol. The van der Waals surface area contributed by atoms with Crippen LogP contribution in [-0.4, -0.2) is 58.4 Å². The van der Waals surface area contributed by atoms with Gasteiger partial charge in [0, 0.05) is 6.42 Å². The van der Waals surface area contributed by atoms with E-state index >= 15 is 0 Å². The minimum Gasteiger partial charge on any atom is -0.463 e. The molecule has 4 N–H and O–H groups in total. The normalized spacial score (nSPS) is 13.5. The summed E-state index contributed by atoms with van der Waals surface area (Å²) in [6.07, 6.45) is 13.4. The van der Waals surface area contributed by atoms with Crippen LogP contribution in [0.15, 0.2) is 0 Å². The minimum absolute atomic E-state index is 0.125. The molecule has 26 heavy (non-hydrogen) atoms. The quantitative estimate of drug-likeness (QED) is 0.204. The Morgan fingerprint density at radius 2 is 1.08 bits per heavy atom. The number of ether oxygens (including phenoxy) is 1. The molecule has 2 unspecified atom stereocenters. The molecule has 0 aliphatic carbocycles. The summed E-state index contributed by atoms with van der Waals surface area (Å²) in [5.41, 5.74) is 0. The molecule has 2 atom stereocenters. The summed E-state index contributed by atoms with van der Waals surface area (Å²) >= 11 is 0. The van der Waals surface area contributed by atoms with E-state index in [0.29, 0.717) is 12.8 Å². The van der Waals surface area contributed by atoms with Gasteiger partial charge in [-0.1, -0.05) is 70.6 Å². The molecule has 0 fully saturated rings. The zero-order valence-corrected chi connectivity index (χ0v) is 16.3. The molecular weight excluding hydrogens is 336 g/mol. The monoisotopic (exact) mass is 376 g/mol. The largest absolute Gasteiger partial charge is 0.463 e. The van der Waals surface area contributed by atoms with E-state index in [0.717, 1.165) is 32.1 Å². The molecule has 156 valence electrons. The lowest BCUT2D eigenvalue weighted by Crippen LogP contribution is -2.21. The lowest BCUT2D eigenvalue weighted by atomic mass is 10.0. The van der Waals surface area contributed by atoms with Crippen molar-refractivity contribution >= 4 is 5.97 Å². The third kappa shape index (κ3) is 18.1. The first-order valence-electron chi connectivity index (χ1n) is 10.3. The average molecular weight is 377 g/mol. The molecule has 0 saturated heterocycles. The van der Waals surface area contributed by atoms with Gasteiger partial charge in [-0.25, -0.2) is 0 Å². The van der Waals surface area contributed by atoms with E-state index < -0.39 is 12.2 Å². The first-order valence-corrected chi connectivity index (χ1v) is 10.3. The fraction of sp³-hybridized carbons (Fsp3) is 0.950. The second-order valence-corrected chi connectivity index (χ2v) is 7.14. The van der Waals surface area contributed by atoms with Crippen LogP contribution >= 0.6 is 0 Å². The zero-order chi connectivity index (χ0) is 19.5. The van der Waals surface area contributed by atoms with Crippen molar-refractivity contribution < 1.29 is 30.0 Å². The summed E-state index contributed by atoms with van der Waals surface area (Å²) in [4.78, 5) is 11.4. The molecule has 0 bridgehead atoms. The summed E-state index contributed by atoms with van der Waals surface area (Å²) in [6, 6.07) is 0. The van der Waals surface area contributed by atoms with Crippen molar-refractivity contribution in [3.8, 4) is 0 Å². The zero-order valence-electron chi connectivity index (χ0n) is 16.3. The van der Waals surface area contributed by atoms with E-state index in [1.807, 2.05) is 0 Å². The van der Waals surface area contributed by atoms with Gasteiger partial charge in [0.2, 0.25) is 0 Å². The number of hydrogen-bond acceptors (Lipinski definition) is 6. The summed E-state index contributed by atoms with van der Waals surface area (Å²) in [7, 11) is 0. The third-order valence-corrected chi connectivity index (χ3v) is 4.53. The van der Waals surface area contributed by atoms with Crippen molar-refractivity contribution in [1.82, 2.24) is 0 Å². The lowest BCUT2D eigenvalue weighted by molar-refractivity contribution is -0.147. The topological polar surface area (TPSA) is 107 Å². The van der Waals surface area contributed by atoms with Crippen molar-refractivity contribution in [3.05, 3.63) is 0 Å². The molecule has 0 saturated carbocycles. The number of aliphatic hydroxyl groups is 4. The molecular formula is C20H40O6. The van der Waals surface area contributed by atoms with E-state index in [4.69, 9.17) is 20.1 Å². The van der Waals surface area contributed by atoms with Crippen molar-refractivity contribution in [3.63, 3.8) is 0 Å². The SMILES string of the molecule is O=C(CCCCCCCCCCCCCCC(O)CO)OCC(O)CO. The molecule has 0 aliphatic rings. The van der Waals surface area contributed by atoms with Crippen molar-refractivity contribution in [1.29, 1.82) is 0 Å². The van der Waals surface area contributed by atoms with Crippen LogP contribution in [0, 0.1) is 0 Å². The molecule has 6 nitrogen and oxygen atoms in total. The van der Waals surface area contributed by atoms with Crippen molar-refractivity contribution in [2.45, 2.75) is 102 Å². The van der Waals surface area contributed by atoms with Gasteiger partial charge in [-0.2, -0.15) is 0 Å². The highest BCUT2D eigenvalue weighted by molar-refractivity contribution is 5.69. The van der Waals surface area contributed by atoms with Gasteiger partial charge in [-0.05, 0) is 12.8 Å². The van der Waals surface area contributed by atoms with Gasteiger partial charge in [-0.15, -0.1) is 0 Å². The van der Waals surface area contributed by atoms with Gasteiger partial charge in [0.05, 0.1) is 19.3 Å². The number of aliphatic hydroxyl groups excluding tert-OH is 4. The van der Waals surface area contributed by atoms with Crippen LogP contribution in [0.1, 0.15) is 89.9 Å². The molecule has 0 aromatic rings. The molecule has 0 spiro atoms. The van der Waals surface area contributed by atoms with Gasteiger partial charge < -0.3 is 25.2 Å². The third-order valence-electron chi connectivity index (χ3n) is 4.53. The van der Waals surface area contributed by atoms with Gasteiger partial charge in [0.25, 0.3) is 0 Å². The highest BCUT2D eigenvalue weighted by Gasteiger charge is 2.07. The number of esters is 1. The molecule has 0 radical (unpaired) electrons. The van der Waals surface area contributed by atoms with Crippen LogP contribution in [0.3, 0.4) is 0 Å². The number of hydrogen-bond donors (Lipinski definition) is 4. The van der Waals surface area contributed by atoms with Crippen LogP contribution in [-0.2, 0) is 9.53 Å². The Balaban J connectivity index is 3.16. The summed E-state index contributed by atoms with van der Waals surface area (Å²) in [5, 5.41) is 35.6. The number of rotatable bonds is 19. The molecule has 0 aromatic heterocycles. The molecule has 0 heterocycles. The van der Waals surface area contributed by atoms with E-state index in [2.05, 4.69) is 0 Å². The second-order valence-electron chi connectivity index (χ2n) is 7.14. The Morgan fingerprint density at radius 1 is 0.654 bits per heavy atom. The van der Waals surface area contributed by atoms with Crippen LogP contribution in [0.2, 0.25) is 0 Å². The maximum absolute atomic E-state index is 11.4. The highest BCUT2D eigenvalue weighted by Crippen LogP contribution is 2.13. The molecule has 0 aromatic carbocycles. The highest BCUT2D eigenvalue weighted by atomic mass is 16.5. The summed E-state index contributed by atoms with van der Waals surface area (Å²) < 4.78 is 4.85. The lowest BCUT2D eigenvalue weighted by Gasteiger charge is -2.08. The summed E-state index contributed by atoms with van der Waals surface area (Å²) in [6.45, 7) is -0.638. The van der Waals surface area contributed by atoms with E-state index in [-0.39, 0.29) is 25.8 Å². The average Bonchev–Trinajstić information content (AvgIpc) is 2.65. The predicted octanol–water partition coefficient (Wildman–Crippen LogP) is 2.70. The second kappa shape index (κ2) is 19.1. The Kier molecular flexibility index (Phi) is 18.6. The molecule has 6 heteroatoms. The number of unbranched alkanes of at least 4 members (excludes halogenated alkanes) is 11. The Labute approximate surface area is 158 Å².